The van der Waals surface area contributed by atoms with Crippen molar-refractivity contribution in [2.75, 3.05) is 0 Å². The molecule has 0 amide bonds. The van der Waals surface area contributed by atoms with Crippen LogP contribution >= 0.6 is 27.5 Å². The lowest BCUT2D eigenvalue weighted by Gasteiger charge is -2.18. The van der Waals surface area contributed by atoms with Gasteiger partial charge in [0.25, 0.3) is 0 Å². The van der Waals surface area contributed by atoms with Crippen LogP contribution in [0.2, 0.25) is 5.02 Å². The fourth-order valence-electron chi connectivity index (χ4n) is 1.82. The number of rotatable bonds is 3. The summed E-state index contributed by atoms with van der Waals surface area (Å²) in [5, 5.41) is 0.468. The molecule has 0 saturated heterocycles. The molecule has 0 saturated carbocycles. The van der Waals surface area contributed by atoms with Gasteiger partial charge in [-0.25, -0.2) is 18.6 Å². The number of hydrogen-bond acceptors (Lipinski definition) is 2. The van der Waals surface area contributed by atoms with Crippen molar-refractivity contribution in [2.45, 2.75) is 6.04 Å². The van der Waals surface area contributed by atoms with Crippen LogP contribution in [-0.2, 0) is 0 Å². The zero-order valence-corrected chi connectivity index (χ0v) is 12.3. The molecule has 1 atom stereocenters. The Balaban J connectivity index is 2.52. The van der Waals surface area contributed by atoms with Crippen LogP contribution in [0.25, 0.3) is 0 Å². The Labute approximate surface area is 126 Å². The van der Waals surface area contributed by atoms with Gasteiger partial charge in [0.2, 0.25) is 0 Å². The van der Waals surface area contributed by atoms with Crippen molar-refractivity contribution in [3.63, 3.8) is 0 Å². The third-order valence-electron chi connectivity index (χ3n) is 2.82. The summed E-state index contributed by atoms with van der Waals surface area (Å²) in [6.45, 7) is 0. The molecule has 0 bridgehead atoms. The fraction of sp³-hybridized carbons (Fsp3) is 0.0769. The molecule has 0 aliphatic heterocycles. The highest BCUT2D eigenvalue weighted by molar-refractivity contribution is 9.10. The van der Waals surface area contributed by atoms with Crippen LogP contribution in [0.5, 0.6) is 0 Å². The summed E-state index contributed by atoms with van der Waals surface area (Å²) in [6, 6.07) is 5.97. The van der Waals surface area contributed by atoms with Gasteiger partial charge in [0.05, 0.1) is 11.1 Å². The SMILES string of the molecule is NNC(c1ccc(Cl)c(Br)c1)c1ccc(F)c(F)c1F. The predicted octanol–water partition coefficient (Wildman–Crippen LogP) is 4.07. The van der Waals surface area contributed by atoms with Gasteiger partial charge in [-0.3, -0.25) is 5.84 Å². The first-order valence-corrected chi connectivity index (χ1v) is 6.67. The summed E-state index contributed by atoms with van der Waals surface area (Å²) in [5.41, 5.74) is 2.83. The molecule has 7 heteroatoms. The molecule has 0 heterocycles. The van der Waals surface area contributed by atoms with E-state index in [-0.39, 0.29) is 5.56 Å². The van der Waals surface area contributed by atoms with Crippen LogP contribution in [0.15, 0.2) is 34.8 Å². The molecule has 0 fully saturated rings. The minimum absolute atomic E-state index is 0.0966. The Morgan fingerprint density at radius 2 is 1.80 bits per heavy atom. The van der Waals surface area contributed by atoms with Crippen molar-refractivity contribution >= 4 is 27.5 Å². The predicted molar refractivity (Wildman–Crippen MR) is 74.6 cm³/mol. The first-order chi connectivity index (χ1) is 9.45. The number of benzene rings is 2. The van der Waals surface area contributed by atoms with Gasteiger partial charge < -0.3 is 0 Å². The molecule has 0 spiro atoms. The van der Waals surface area contributed by atoms with E-state index in [1.54, 1.807) is 18.2 Å². The van der Waals surface area contributed by atoms with E-state index in [4.69, 9.17) is 17.4 Å². The van der Waals surface area contributed by atoms with E-state index >= 15 is 0 Å². The average Bonchev–Trinajstić information content (AvgIpc) is 2.43. The molecule has 2 aromatic rings. The average molecular weight is 366 g/mol. The van der Waals surface area contributed by atoms with E-state index in [0.29, 0.717) is 15.1 Å². The zero-order valence-electron chi connectivity index (χ0n) is 9.93. The van der Waals surface area contributed by atoms with E-state index in [0.717, 1.165) is 12.1 Å². The number of halogens is 5. The molecule has 2 rings (SSSR count). The molecule has 0 radical (unpaired) electrons. The van der Waals surface area contributed by atoms with E-state index in [2.05, 4.69) is 21.4 Å². The fourth-order valence-corrected chi connectivity index (χ4v) is 2.34. The van der Waals surface area contributed by atoms with Gasteiger partial charge in [-0.15, -0.1) is 0 Å². The molecule has 2 nitrogen and oxygen atoms in total. The second-order valence-corrected chi connectivity index (χ2v) is 5.30. The highest BCUT2D eigenvalue weighted by atomic mass is 79.9. The smallest absolute Gasteiger partial charge is 0.194 e. The highest BCUT2D eigenvalue weighted by Crippen LogP contribution is 2.30. The van der Waals surface area contributed by atoms with E-state index in [1.165, 1.54) is 0 Å². The number of hydrogen-bond donors (Lipinski definition) is 2. The van der Waals surface area contributed by atoms with Crippen molar-refractivity contribution in [1.29, 1.82) is 0 Å². The summed E-state index contributed by atoms with van der Waals surface area (Å²) in [6.07, 6.45) is 0. The van der Waals surface area contributed by atoms with E-state index in [1.807, 2.05) is 0 Å². The highest BCUT2D eigenvalue weighted by Gasteiger charge is 2.21. The van der Waals surface area contributed by atoms with E-state index in [9.17, 15) is 13.2 Å². The summed E-state index contributed by atoms with van der Waals surface area (Å²) in [5.74, 6) is 1.34. The van der Waals surface area contributed by atoms with Crippen LogP contribution in [0, 0.1) is 17.5 Å². The maximum atomic E-state index is 13.8. The maximum Gasteiger partial charge on any atom is 0.194 e. The summed E-state index contributed by atoms with van der Waals surface area (Å²) >= 11 is 9.10. The molecule has 106 valence electrons. The maximum absolute atomic E-state index is 13.8. The standard InChI is InChI=1S/C13H9BrClF3N2/c14-8-5-6(1-3-9(8)15)13(20-19)7-2-4-10(16)12(18)11(7)17/h1-5,13,20H,19H2. The molecular formula is C13H9BrClF3N2. The monoisotopic (exact) mass is 364 g/mol. The molecule has 2 aromatic carbocycles. The van der Waals surface area contributed by atoms with Crippen LogP contribution in [0.3, 0.4) is 0 Å². The van der Waals surface area contributed by atoms with Crippen LogP contribution < -0.4 is 11.3 Å². The topological polar surface area (TPSA) is 38.0 Å². The van der Waals surface area contributed by atoms with Crippen molar-refractivity contribution < 1.29 is 13.2 Å². The van der Waals surface area contributed by atoms with Gasteiger partial charge in [0.15, 0.2) is 17.5 Å². The van der Waals surface area contributed by atoms with Crippen molar-refractivity contribution in [3.8, 4) is 0 Å². The Morgan fingerprint density at radius 3 is 2.40 bits per heavy atom. The Hall–Kier alpha value is -1.08. The molecule has 0 aliphatic carbocycles. The van der Waals surface area contributed by atoms with Crippen LogP contribution in [0.4, 0.5) is 13.2 Å². The van der Waals surface area contributed by atoms with Gasteiger partial charge in [-0.2, -0.15) is 0 Å². The Morgan fingerprint density at radius 1 is 1.10 bits per heavy atom. The lowest BCUT2D eigenvalue weighted by Crippen LogP contribution is -2.29. The number of hydrazine groups is 1. The molecular weight excluding hydrogens is 357 g/mol. The number of nitrogens with one attached hydrogen (secondary N) is 1. The Bertz CT molecular complexity index is 652. The first kappa shape index (κ1) is 15.3. The third kappa shape index (κ3) is 2.83. The van der Waals surface area contributed by atoms with Crippen molar-refractivity contribution in [1.82, 2.24) is 5.43 Å². The lowest BCUT2D eigenvalue weighted by atomic mass is 9.98. The third-order valence-corrected chi connectivity index (χ3v) is 4.03. The van der Waals surface area contributed by atoms with Gasteiger partial charge in [0, 0.05) is 10.0 Å². The minimum Gasteiger partial charge on any atom is -0.271 e. The largest absolute Gasteiger partial charge is 0.271 e. The molecule has 20 heavy (non-hydrogen) atoms. The normalized spacial score (nSPS) is 12.5. The second-order valence-electron chi connectivity index (χ2n) is 4.04. The lowest BCUT2D eigenvalue weighted by molar-refractivity contribution is 0.433. The summed E-state index contributed by atoms with van der Waals surface area (Å²) in [7, 11) is 0. The number of nitrogens with two attached hydrogens (primary N) is 1. The van der Waals surface area contributed by atoms with Crippen molar-refractivity contribution in [2.24, 2.45) is 5.84 Å². The van der Waals surface area contributed by atoms with Crippen molar-refractivity contribution in [3.05, 3.63) is 68.4 Å². The van der Waals surface area contributed by atoms with Crippen LogP contribution in [0.1, 0.15) is 17.2 Å². The molecule has 1 unspecified atom stereocenters. The molecule has 3 N–H and O–H groups in total. The molecule has 0 aromatic heterocycles. The summed E-state index contributed by atoms with van der Waals surface area (Å²) in [4.78, 5) is 0. The van der Waals surface area contributed by atoms with E-state index < -0.39 is 23.5 Å². The van der Waals surface area contributed by atoms with Gasteiger partial charge >= 0.3 is 0 Å². The quantitative estimate of drug-likeness (QED) is 0.489. The van der Waals surface area contributed by atoms with Crippen LogP contribution in [-0.4, -0.2) is 0 Å². The minimum atomic E-state index is -1.53. The first-order valence-electron chi connectivity index (χ1n) is 5.50. The second kappa shape index (κ2) is 6.13. The molecule has 0 aliphatic rings. The van der Waals surface area contributed by atoms with Gasteiger partial charge in [-0.1, -0.05) is 23.7 Å². The zero-order chi connectivity index (χ0) is 14.9. The summed E-state index contributed by atoms with van der Waals surface area (Å²) < 4.78 is 40.7. The van der Waals surface area contributed by atoms with Gasteiger partial charge in [-0.05, 0) is 39.7 Å². The Kier molecular flexibility index (Phi) is 4.70. The van der Waals surface area contributed by atoms with Gasteiger partial charge in [0.1, 0.15) is 0 Å².